The Balaban J connectivity index is 2.37. The molecule has 0 bridgehead atoms. The summed E-state index contributed by atoms with van der Waals surface area (Å²) in [6, 6.07) is 4.91. The zero-order valence-corrected chi connectivity index (χ0v) is 20.2. The molecule has 1 heterocycles. The number of hydrogen-bond donors (Lipinski definition) is 0. The summed E-state index contributed by atoms with van der Waals surface area (Å²) in [5.74, 6) is -0.0439. The monoisotopic (exact) mass is 454 g/mol. The largest absolute Gasteiger partial charge is 0.488 e. The molecule has 0 aliphatic rings. The van der Waals surface area contributed by atoms with Crippen LogP contribution in [0.1, 0.15) is 60.3 Å². The second-order valence-electron chi connectivity index (χ2n) is 7.97. The van der Waals surface area contributed by atoms with Crippen molar-refractivity contribution in [3.63, 3.8) is 0 Å². The molecule has 178 valence electrons. The molecular formula is C27H34O6. The van der Waals surface area contributed by atoms with Crippen molar-refractivity contribution < 1.29 is 23.4 Å². The molecule has 0 spiro atoms. The van der Waals surface area contributed by atoms with Gasteiger partial charge in [0.05, 0.1) is 6.61 Å². The zero-order valence-electron chi connectivity index (χ0n) is 20.2. The van der Waals surface area contributed by atoms with Gasteiger partial charge in [-0.3, -0.25) is 4.79 Å². The maximum Gasteiger partial charge on any atom is 0.383 e. The molecule has 0 atom stereocenters. The molecular weight excluding hydrogens is 420 g/mol. The Kier molecular flexibility index (Phi) is 10.5. The Hall–Kier alpha value is -3.28. The van der Waals surface area contributed by atoms with Gasteiger partial charge in [0.25, 0.3) is 0 Å². The topological polar surface area (TPSA) is 75.0 Å². The summed E-state index contributed by atoms with van der Waals surface area (Å²) in [7, 11) is 0. The zero-order chi connectivity index (χ0) is 24.2. The second-order valence-corrected chi connectivity index (χ2v) is 7.97. The summed E-state index contributed by atoms with van der Waals surface area (Å²) < 4.78 is 22.6. The van der Waals surface area contributed by atoms with Crippen molar-refractivity contribution in [2.24, 2.45) is 0 Å². The maximum absolute atomic E-state index is 12.7. The third-order valence-electron chi connectivity index (χ3n) is 4.75. The van der Waals surface area contributed by atoms with E-state index in [1.54, 1.807) is 18.2 Å². The van der Waals surface area contributed by atoms with Crippen LogP contribution in [0.15, 0.2) is 62.9 Å². The van der Waals surface area contributed by atoms with E-state index in [0.29, 0.717) is 18.4 Å². The highest BCUT2D eigenvalue weighted by Crippen LogP contribution is 2.39. The van der Waals surface area contributed by atoms with Crippen LogP contribution in [0, 0.1) is 0 Å². The van der Waals surface area contributed by atoms with Crippen LogP contribution in [-0.4, -0.2) is 19.2 Å². The molecule has 0 aliphatic carbocycles. The lowest BCUT2D eigenvalue weighted by Gasteiger charge is -2.15. The average molecular weight is 455 g/mol. The Bertz CT molecular complexity index is 1080. The molecule has 0 aliphatic heterocycles. The quantitative estimate of drug-likeness (QED) is 0.119. The molecule has 33 heavy (non-hydrogen) atoms. The molecule has 2 rings (SSSR count). The van der Waals surface area contributed by atoms with Gasteiger partial charge in [0, 0.05) is 6.92 Å². The van der Waals surface area contributed by atoms with Crippen molar-refractivity contribution >= 4 is 16.9 Å². The van der Waals surface area contributed by atoms with E-state index in [9.17, 15) is 9.59 Å². The van der Waals surface area contributed by atoms with Gasteiger partial charge in [0.2, 0.25) is 5.75 Å². The van der Waals surface area contributed by atoms with Crippen LogP contribution in [0.2, 0.25) is 0 Å². The van der Waals surface area contributed by atoms with Gasteiger partial charge in [-0.15, -0.1) is 0 Å². The molecule has 0 saturated heterocycles. The summed E-state index contributed by atoms with van der Waals surface area (Å²) >= 11 is 0. The lowest BCUT2D eigenvalue weighted by atomic mass is 10.1. The first-order valence-electron chi connectivity index (χ1n) is 11.3. The lowest BCUT2D eigenvalue weighted by Crippen LogP contribution is -2.12. The summed E-state index contributed by atoms with van der Waals surface area (Å²) in [6.45, 7) is 10.1. The predicted octanol–water partition coefficient (Wildman–Crippen LogP) is 6.52. The summed E-state index contributed by atoms with van der Waals surface area (Å²) in [5.41, 5.74) is 2.06. The van der Waals surface area contributed by atoms with Gasteiger partial charge in [-0.2, -0.15) is 0 Å². The van der Waals surface area contributed by atoms with Gasteiger partial charge in [0.15, 0.2) is 5.75 Å². The lowest BCUT2D eigenvalue weighted by molar-refractivity contribution is -0.131. The van der Waals surface area contributed by atoms with Crippen LogP contribution in [0.5, 0.6) is 17.2 Å². The molecule has 6 heteroatoms. The minimum absolute atomic E-state index is 0.0325. The number of fused-ring (bicyclic) bond motifs is 1. The number of esters is 1. The van der Waals surface area contributed by atoms with Gasteiger partial charge in [-0.25, -0.2) is 4.79 Å². The van der Waals surface area contributed by atoms with E-state index >= 15 is 0 Å². The highest BCUT2D eigenvalue weighted by molar-refractivity contribution is 5.93. The highest BCUT2D eigenvalue weighted by atomic mass is 16.5. The Morgan fingerprint density at radius 1 is 1.00 bits per heavy atom. The van der Waals surface area contributed by atoms with E-state index in [4.69, 9.17) is 18.6 Å². The van der Waals surface area contributed by atoms with Crippen molar-refractivity contribution in [1.29, 1.82) is 0 Å². The third-order valence-corrected chi connectivity index (χ3v) is 4.75. The highest BCUT2D eigenvalue weighted by Gasteiger charge is 2.21. The average Bonchev–Trinajstić information content (AvgIpc) is 2.74. The fraction of sp³-hybridized carbons (Fsp3) is 0.407. The van der Waals surface area contributed by atoms with Gasteiger partial charge in [0.1, 0.15) is 23.3 Å². The van der Waals surface area contributed by atoms with Crippen LogP contribution in [-0.2, 0) is 4.79 Å². The fourth-order valence-electron chi connectivity index (χ4n) is 3.15. The van der Waals surface area contributed by atoms with Crippen molar-refractivity contribution in [1.82, 2.24) is 0 Å². The summed E-state index contributed by atoms with van der Waals surface area (Å²) in [5, 5.41) is 0.394. The minimum Gasteiger partial charge on any atom is -0.488 e. The van der Waals surface area contributed by atoms with E-state index < -0.39 is 11.6 Å². The number of rotatable bonds is 12. The predicted molar refractivity (Wildman–Crippen MR) is 131 cm³/mol. The van der Waals surface area contributed by atoms with Crippen LogP contribution in [0.4, 0.5) is 0 Å². The summed E-state index contributed by atoms with van der Waals surface area (Å²) in [4.78, 5) is 24.3. The SMILES string of the molecule is CC/C=C/CCOc1c(OC/C=C(\C)CCC=C(C)C)c(=O)oc2cccc(OC(C)=O)c12. The van der Waals surface area contributed by atoms with Crippen LogP contribution in [0.25, 0.3) is 11.0 Å². The number of carbonyl (C=O) groups excluding carboxylic acids is 1. The third kappa shape index (κ3) is 8.29. The van der Waals surface area contributed by atoms with E-state index in [2.05, 4.69) is 26.8 Å². The van der Waals surface area contributed by atoms with Crippen molar-refractivity contribution in [2.45, 2.75) is 60.3 Å². The Morgan fingerprint density at radius 2 is 1.79 bits per heavy atom. The standard InChI is InChI=1S/C27H34O6/c1-6-7-8-9-17-30-25-24-22(32-21(5)28)14-11-15-23(24)33-27(29)26(25)31-18-16-20(4)13-10-12-19(2)3/h7-8,11-12,14-16H,6,9-10,13,17-18H2,1-5H3/b8-7+,20-16+. The molecule has 0 amide bonds. The first-order valence-corrected chi connectivity index (χ1v) is 11.3. The van der Waals surface area contributed by atoms with Gasteiger partial charge in [-0.05, 0) is 64.7 Å². The van der Waals surface area contributed by atoms with Crippen molar-refractivity contribution in [3.8, 4) is 17.2 Å². The number of hydrogen-bond acceptors (Lipinski definition) is 6. The van der Waals surface area contributed by atoms with Crippen molar-refractivity contribution in [2.75, 3.05) is 13.2 Å². The Morgan fingerprint density at radius 3 is 2.48 bits per heavy atom. The number of carbonyl (C=O) groups is 1. The number of allylic oxidation sites excluding steroid dienone is 4. The minimum atomic E-state index is -0.642. The molecule has 0 radical (unpaired) electrons. The van der Waals surface area contributed by atoms with E-state index in [1.165, 1.54) is 12.5 Å². The maximum atomic E-state index is 12.7. The molecule has 1 aromatic heterocycles. The Labute approximate surface area is 195 Å². The molecule has 0 N–H and O–H groups in total. The van der Waals surface area contributed by atoms with E-state index in [0.717, 1.165) is 24.8 Å². The first-order chi connectivity index (χ1) is 15.8. The van der Waals surface area contributed by atoms with Crippen molar-refractivity contribution in [3.05, 3.63) is 64.1 Å². The second kappa shape index (κ2) is 13.3. The molecule has 0 unspecified atom stereocenters. The van der Waals surface area contributed by atoms with Crippen LogP contribution in [0.3, 0.4) is 0 Å². The number of ether oxygens (including phenoxy) is 3. The summed E-state index contributed by atoms with van der Waals surface area (Å²) in [6.07, 6.45) is 11.6. The first kappa shape index (κ1) is 26.0. The van der Waals surface area contributed by atoms with Gasteiger partial charge < -0.3 is 18.6 Å². The normalized spacial score (nSPS) is 11.6. The molecule has 1 aromatic carbocycles. The van der Waals surface area contributed by atoms with Crippen LogP contribution >= 0.6 is 0 Å². The molecule has 6 nitrogen and oxygen atoms in total. The molecule has 2 aromatic rings. The van der Waals surface area contributed by atoms with Gasteiger partial charge >= 0.3 is 11.6 Å². The van der Waals surface area contributed by atoms with Gasteiger partial charge in [-0.1, -0.05) is 42.4 Å². The number of benzene rings is 1. The van der Waals surface area contributed by atoms with Crippen LogP contribution < -0.4 is 19.8 Å². The van der Waals surface area contributed by atoms with E-state index in [-0.39, 0.29) is 29.4 Å². The smallest absolute Gasteiger partial charge is 0.383 e. The van der Waals surface area contributed by atoms with E-state index in [1.807, 2.05) is 25.2 Å². The fourth-order valence-corrected chi connectivity index (χ4v) is 3.15. The molecule has 0 fully saturated rings. The molecule has 0 saturated carbocycles.